The number of nitrogens with one attached hydrogen (secondary N) is 1. The Bertz CT molecular complexity index is 966. The van der Waals surface area contributed by atoms with Gasteiger partial charge in [-0.1, -0.05) is 41.9 Å². The van der Waals surface area contributed by atoms with Crippen molar-refractivity contribution in [1.82, 2.24) is 0 Å². The molecular weight excluding hydrogens is 326 g/mol. The van der Waals surface area contributed by atoms with Crippen molar-refractivity contribution >= 4 is 39.9 Å². The monoisotopic (exact) mass is 339 g/mol. The van der Waals surface area contributed by atoms with E-state index in [2.05, 4.69) is 5.32 Å². The third kappa shape index (κ3) is 2.84. The standard InChI is InChI=1S/C19H14ClNO3/c1-11-12(19(23)24)5-4-10-17(11)21-18(22)15-8-2-7-14-13(15)6-3-9-16(14)20/h2-10H,1H3,(H,21,22)(H,23,24). The van der Waals surface area contributed by atoms with Crippen LogP contribution in [0.25, 0.3) is 10.8 Å². The molecular formula is C19H14ClNO3. The third-order valence-electron chi connectivity index (χ3n) is 3.93. The molecule has 0 heterocycles. The number of halogens is 1. The van der Waals surface area contributed by atoms with Gasteiger partial charge in [0.05, 0.1) is 5.56 Å². The van der Waals surface area contributed by atoms with Crippen LogP contribution in [0.15, 0.2) is 54.6 Å². The first-order valence-corrected chi connectivity index (χ1v) is 7.68. The molecule has 0 aliphatic heterocycles. The summed E-state index contributed by atoms with van der Waals surface area (Å²) >= 11 is 6.18. The Kier molecular flexibility index (Phi) is 4.23. The highest BCUT2D eigenvalue weighted by molar-refractivity contribution is 6.36. The maximum Gasteiger partial charge on any atom is 0.336 e. The van der Waals surface area contributed by atoms with Crippen LogP contribution in [0.4, 0.5) is 5.69 Å². The molecule has 0 atom stereocenters. The molecule has 0 radical (unpaired) electrons. The van der Waals surface area contributed by atoms with Crippen molar-refractivity contribution in [1.29, 1.82) is 0 Å². The average molecular weight is 340 g/mol. The Balaban J connectivity index is 2.02. The smallest absolute Gasteiger partial charge is 0.336 e. The van der Waals surface area contributed by atoms with Gasteiger partial charge < -0.3 is 10.4 Å². The van der Waals surface area contributed by atoms with Crippen molar-refractivity contribution in [2.45, 2.75) is 6.92 Å². The molecule has 0 saturated heterocycles. The molecule has 5 heteroatoms. The summed E-state index contributed by atoms with van der Waals surface area (Å²) in [6, 6.07) is 15.5. The molecule has 120 valence electrons. The van der Waals surface area contributed by atoms with Crippen molar-refractivity contribution in [3.05, 3.63) is 76.3 Å². The second kappa shape index (κ2) is 6.34. The van der Waals surface area contributed by atoms with E-state index in [1.165, 1.54) is 6.07 Å². The van der Waals surface area contributed by atoms with Crippen molar-refractivity contribution in [3.63, 3.8) is 0 Å². The van der Waals surface area contributed by atoms with Crippen LogP contribution in [-0.4, -0.2) is 17.0 Å². The molecule has 3 aromatic rings. The topological polar surface area (TPSA) is 66.4 Å². The number of carboxylic acid groups (broad SMARTS) is 1. The Labute approximate surface area is 143 Å². The lowest BCUT2D eigenvalue weighted by atomic mass is 10.0. The van der Waals surface area contributed by atoms with Gasteiger partial charge in [-0.15, -0.1) is 0 Å². The minimum atomic E-state index is -1.03. The van der Waals surface area contributed by atoms with Gasteiger partial charge in [0.2, 0.25) is 0 Å². The highest BCUT2D eigenvalue weighted by atomic mass is 35.5. The molecule has 3 aromatic carbocycles. The highest BCUT2D eigenvalue weighted by Crippen LogP contribution is 2.27. The number of anilines is 1. The molecule has 24 heavy (non-hydrogen) atoms. The number of rotatable bonds is 3. The van der Waals surface area contributed by atoms with Gasteiger partial charge in [-0.3, -0.25) is 4.79 Å². The van der Waals surface area contributed by atoms with Crippen LogP contribution in [0.3, 0.4) is 0 Å². The predicted octanol–water partition coefficient (Wildman–Crippen LogP) is 4.75. The van der Waals surface area contributed by atoms with E-state index in [1.807, 2.05) is 12.1 Å². The summed E-state index contributed by atoms with van der Waals surface area (Å²) in [4.78, 5) is 23.9. The maximum atomic E-state index is 12.7. The number of hydrogen-bond acceptors (Lipinski definition) is 2. The van der Waals surface area contributed by atoms with E-state index in [-0.39, 0.29) is 11.5 Å². The summed E-state index contributed by atoms with van der Waals surface area (Å²) in [5, 5.41) is 14.1. The number of benzene rings is 3. The predicted molar refractivity (Wildman–Crippen MR) is 95.0 cm³/mol. The molecule has 2 N–H and O–H groups in total. The third-order valence-corrected chi connectivity index (χ3v) is 4.26. The van der Waals surface area contributed by atoms with Gasteiger partial charge >= 0.3 is 5.97 Å². The SMILES string of the molecule is Cc1c(NC(=O)c2cccc3c(Cl)cccc23)cccc1C(=O)O. The van der Waals surface area contributed by atoms with E-state index in [1.54, 1.807) is 43.3 Å². The van der Waals surface area contributed by atoms with E-state index in [9.17, 15) is 14.7 Å². The van der Waals surface area contributed by atoms with E-state index in [4.69, 9.17) is 11.6 Å². The number of aromatic carboxylic acids is 1. The van der Waals surface area contributed by atoms with Crippen LogP contribution >= 0.6 is 11.6 Å². The molecule has 0 aliphatic carbocycles. The summed E-state index contributed by atoms with van der Waals surface area (Å²) in [5.74, 6) is -1.34. The second-order valence-corrected chi connectivity index (χ2v) is 5.79. The molecule has 3 rings (SSSR count). The van der Waals surface area contributed by atoms with Crippen LogP contribution < -0.4 is 5.32 Å². The van der Waals surface area contributed by atoms with Crippen molar-refractivity contribution in [3.8, 4) is 0 Å². The molecule has 4 nitrogen and oxygen atoms in total. The fourth-order valence-electron chi connectivity index (χ4n) is 2.66. The van der Waals surface area contributed by atoms with Crippen LogP contribution in [0.5, 0.6) is 0 Å². The summed E-state index contributed by atoms with van der Waals surface area (Å²) in [5.41, 5.74) is 1.62. The normalized spacial score (nSPS) is 10.6. The van der Waals surface area contributed by atoms with Crippen molar-refractivity contribution in [2.75, 3.05) is 5.32 Å². The van der Waals surface area contributed by atoms with Crippen molar-refractivity contribution in [2.24, 2.45) is 0 Å². The summed E-state index contributed by atoms with van der Waals surface area (Å²) in [7, 11) is 0. The zero-order chi connectivity index (χ0) is 17.3. The quantitative estimate of drug-likeness (QED) is 0.723. The lowest BCUT2D eigenvalue weighted by Gasteiger charge is -2.12. The Hall–Kier alpha value is -2.85. The average Bonchev–Trinajstić information content (AvgIpc) is 2.56. The van der Waals surface area contributed by atoms with Gasteiger partial charge in [0, 0.05) is 21.7 Å². The lowest BCUT2D eigenvalue weighted by Crippen LogP contribution is -2.14. The van der Waals surface area contributed by atoms with E-state index in [0.29, 0.717) is 21.8 Å². The fourth-order valence-corrected chi connectivity index (χ4v) is 2.90. The zero-order valence-corrected chi connectivity index (χ0v) is 13.6. The summed E-state index contributed by atoms with van der Waals surface area (Å²) in [6.07, 6.45) is 0. The lowest BCUT2D eigenvalue weighted by molar-refractivity contribution is 0.0695. The van der Waals surface area contributed by atoms with E-state index in [0.717, 1.165) is 10.8 Å². The minimum absolute atomic E-state index is 0.161. The second-order valence-electron chi connectivity index (χ2n) is 5.38. The maximum absolute atomic E-state index is 12.7. The number of hydrogen-bond donors (Lipinski definition) is 2. The molecule has 1 amide bonds. The summed E-state index contributed by atoms with van der Waals surface area (Å²) in [6.45, 7) is 1.67. The molecule has 0 unspecified atom stereocenters. The molecule has 0 saturated carbocycles. The van der Waals surface area contributed by atoms with Gasteiger partial charge in [0.25, 0.3) is 5.91 Å². The van der Waals surface area contributed by atoms with Gasteiger partial charge in [0.15, 0.2) is 0 Å². The molecule has 0 bridgehead atoms. The van der Waals surface area contributed by atoms with Crippen LogP contribution in [0.2, 0.25) is 5.02 Å². The largest absolute Gasteiger partial charge is 0.478 e. The minimum Gasteiger partial charge on any atom is -0.478 e. The Morgan fingerprint density at radius 1 is 0.917 bits per heavy atom. The zero-order valence-electron chi connectivity index (χ0n) is 12.8. The fraction of sp³-hybridized carbons (Fsp3) is 0.0526. The number of amides is 1. The van der Waals surface area contributed by atoms with Crippen LogP contribution in [-0.2, 0) is 0 Å². The van der Waals surface area contributed by atoms with Crippen LogP contribution in [0, 0.1) is 6.92 Å². The number of carboxylic acids is 1. The first-order valence-electron chi connectivity index (χ1n) is 7.30. The Morgan fingerprint density at radius 2 is 1.54 bits per heavy atom. The highest BCUT2D eigenvalue weighted by Gasteiger charge is 2.15. The number of carbonyl (C=O) groups excluding carboxylic acids is 1. The molecule has 0 fully saturated rings. The van der Waals surface area contributed by atoms with E-state index >= 15 is 0 Å². The van der Waals surface area contributed by atoms with Crippen molar-refractivity contribution < 1.29 is 14.7 Å². The molecule has 0 aromatic heterocycles. The first-order chi connectivity index (χ1) is 11.5. The number of fused-ring (bicyclic) bond motifs is 1. The molecule has 0 aliphatic rings. The Morgan fingerprint density at radius 3 is 2.29 bits per heavy atom. The van der Waals surface area contributed by atoms with Gasteiger partial charge in [-0.2, -0.15) is 0 Å². The van der Waals surface area contributed by atoms with Crippen LogP contribution in [0.1, 0.15) is 26.3 Å². The first kappa shape index (κ1) is 16.0. The number of carbonyl (C=O) groups is 2. The molecule has 0 spiro atoms. The van der Waals surface area contributed by atoms with Gasteiger partial charge in [-0.05, 0) is 42.1 Å². The van der Waals surface area contributed by atoms with Gasteiger partial charge in [0.1, 0.15) is 0 Å². The summed E-state index contributed by atoms with van der Waals surface area (Å²) < 4.78 is 0. The van der Waals surface area contributed by atoms with Gasteiger partial charge in [-0.25, -0.2) is 4.79 Å². The van der Waals surface area contributed by atoms with E-state index < -0.39 is 5.97 Å².